The van der Waals surface area contributed by atoms with E-state index in [2.05, 4.69) is 207 Å². The molecule has 13 rings (SSSR count). The van der Waals surface area contributed by atoms with Gasteiger partial charge in [0.25, 0.3) is 0 Å². The first-order valence-electron chi connectivity index (χ1n) is 21.8. The first kappa shape index (κ1) is 36.8. The smallest absolute Gasteiger partial charge is 0.160 e. The van der Waals surface area contributed by atoms with Crippen LogP contribution in [-0.2, 0) is 5.41 Å². The van der Waals surface area contributed by atoms with Crippen molar-refractivity contribution in [1.82, 2.24) is 9.97 Å². The van der Waals surface area contributed by atoms with Gasteiger partial charge in [-0.15, -0.1) is 0 Å². The Labute approximate surface area is 375 Å². The number of nitrogens with zero attached hydrogens (tertiary/aromatic N) is 2. The third-order valence-electron chi connectivity index (χ3n) is 13.4. The number of hydrogen-bond acceptors (Lipinski definition) is 4. The topological polar surface area (TPSA) is 38.9 Å². The van der Waals surface area contributed by atoms with E-state index in [9.17, 15) is 0 Å². The molecule has 1 spiro atoms. The monoisotopic (exact) mass is 834 g/mol. The molecule has 1 aliphatic heterocycles. The van der Waals surface area contributed by atoms with Crippen LogP contribution < -0.4 is 0 Å². The van der Waals surface area contributed by atoms with Gasteiger partial charge in [0.05, 0.1) is 16.8 Å². The number of aromatic nitrogens is 2. The molecule has 300 valence electrons. The summed E-state index contributed by atoms with van der Waals surface area (Å²) in [6.07, 6.45) is 0. The van der Waals surface area contributed by atoms with Crippen molar-refractivity contribution in [2.24, 2.45) is 0 Å². The first-order chi connectivity index (χ1) is 31.6. The molecule has 0 radical (unpaired) electrons. The number of benzene rings is 9. The Bertz CT molecular complexity index is 3620. The normalized spacial score (nSPS) is 13.1. The van der Waals surface area contributed by atoms with Crippen LogP contribution in [0.1, 0.15) is 27.8 Å². The maximum Gasteiger partial charge on any atom is 0.160 e. The average molecular weight is 835 g/mol. The Balaban J connectivity index is 0.957. The van der Waals surface area contributed by atoms with Gasteiger partial charge in [-0.3, -0.25) is 0 Å². The van der Waals surface area contributed by atoms with Gasteiger partial charge >= 0.3 is 0 Å². The van der Waals surface area contributed by atoms with Gasteiger partial charge in [0.15, 0.2) is 5.82 Å². The van der Waals surface area contributed by atoms with E-state index >= 15 is 0 Å². The molecular formula is C60H38N2OS. The quantitative estimate of drug-likeness (QED) is 0.173. The Morgan fingerprint density at radius 2 is 0.953 bits per heavy atom. The lowest BCUT2D eigenvalue weighted by Crippen LogP contribution is -2.31. The van der Waals surface area contributed by atoms with Crippen molar-refractivity contribution in [3.05, 3.63) is 240 Å². The van der Waals surface area contributed by atoms with Crippen LogP contribution in [0.2, 0.25) is 0 Å². The van der Waals surface area contributed by atoms with Crippen LogP contribution in [0.25, 0.3) is 89.2 Å². The molecule has 0 saturated heterocycles. The number of rotatable bonds is 5. The minimum Gasteiger partial charge on any atom is -0.455 e. The van der Waals surface area contributed by atoms with Crippen LogP contribution in [0.4, 0.5) is 0 Å². The van der Waals surface area contributed by atoms with E-state index in [1.54, 1.807) is 0 Å². The maximum atomic E-state index is 6.42. The Morgan fingerprint density at radius 3 is 1.73 bits per heavy atom. The van der Waals surface area contributed by atoms with E-state index in [0.29, 0.717) is 5.82 Å². The van der Waals surface area contributed by atoms with Crippen molar-refractivity contribution >= 4 is 33.7 Å². The molecule has 4 heteroatoms. The van der Waals surface area contributed by atoms with Gasteiger partial charge < -0.3 is 4.42 Å². The molecule has 11 aromatic rings. The van der Waals surface area contributed by atoms with Crippen molar-refractivity contribution in [1.29, 1.82) is 0 Å². The molecule has 3 nitrogen and oxygen atoms in total. The van der Waals surface area contributed by atoms with Crippen LogP contribution >= 0.6 is 11.8 Å². The zero-order chi connectivity index (χ0) is 42.4. The number of hydrogen-bond donors (Lipinski definition) is 0. The summed E-state index contributed by atoms with van der Waals surface area (Å²) in [6.45, 7) is 2.16. The largest absolute Gasteiger partial charge is 0.455 e. The highest BCUT2D eigenvalue weighted by molar-refractivity contribution is 7.99. The van der Waals surface area contributed by atoms with Crippen LogP contribution in [-0.4, -0.2) is 9.97 Å². The van der Waals surface area contributed by atoms with Gasteiger partial charge in [-0.2, -0.15) is 0 Å². The van der Waals surface area contributed by atoms with Crippen LogP contribution in [0, 0.1) is 6.92 Å². The molecule has 1 aliphatic carbocycles. The zero-order valence-electron chi connectivity index (χ0n) is 34.9. The van der Waals surface area contributed by atoms with Crippen molar-refractivity contribution in [2.75, 3.05) is 0 Å². The van der Waals surface area contributed by atoms with Gasteiger partial charge in [0.1, 0.15) is 11.2 Å². The summed E-state index contributed by atoms with van der Waals surface area (Å²) in [6, 6.07) is 76.5. The fourth-order valence-corrected chi connectivity index (χ4v) is 11.8. The minimum absolute atomic E-state index is 0.417. The third-order valence-corrected chi connectivity index (χ3v) is 14.5. The molecule has 0 bridgehead atoms. The second-order valence-electron chi connectivity index (χ2n) is 16.8. The standard InChI is InChI=1S/C60H38N2OS/c1-37-56(39-16-3-2-4-17-39)61-59(40-32-30-38(31-33-40)43-23-15-24-48-46-21-9-13-28-53(46)63-58(43)48)62-57(37)47-22-6-5-18-42(47)41-34-35-52-55(36-41)64-54-29-14-12-27-51(54)60(52)49-25-10-7-19-44(49)45-20-8-11-26-50(45)60/h2-36H,1H3. The molecule has 64 heavy (non-hydrogen) atoms. The van der Waals surface area contributed by atoms with Crippen molar-refractivity contribution in [3.63, 3.8) is 0 Å². The SMILES string of the molecule is Cc1c(-c2ccccc2)nc(-c2ccc(-c3cccc4c3oc3ccccc34)cc2)nc1-c1ccccc1-c1ccc2c(c1)Sc1ccccc1C21c2ccccc2-c2ccccc21. The molecule has 0 N–H and O–H groups in total. The van der Waals surface area contributed by atoms with E-state index in [1.807, 2.05) is 23.9 Å². The Hall–Kier alpha value is -7.79. The molecule has 0 unspecified atom stereocenters. The van der Waals surface area contributed by atoms with Crippen molar-refractivity contribution in [2.45, 2.75) is 22.1 Å². The lowest BCUT2D eigenvalue weighted by Gasteiger charge is -2.39. The van der Waals surface area contributed by atoms with E-state index in [4.69, 9.17) is 14.4 Å². The summed E-state index contributed by atoms with van der Waals surface area (Å²) in [4.78, 5) is 13.3. The summed E-state index contributed by atoms with van der Waals surface area (Å²) >= 11 is 1.88. The maximum absolute atomic E-state index is 6.42. The summed E-state index contributed by atoms with van der Waals surface area (Å²) in [7, 11) is 0. The van der Waals surface area contributed by atoms with Crippen LogP contribution in [0.5, 0.6) is 0 Å². The van der Waals surface area contributed by atoms with Crippen molar-refractivity contribution < 1.29 is 4.42 Å². The van der Waals surface area contributed by atoms with E-state index < -0.39 is 5.41 Å². The summed E-state index contributed by atoms with van der Waals surface area (Å²) in [5.41, 5.74) is 19.7. The zero-order valence-corrected chi connectivity index (χ0v) is 35.7. The molecule has 9 aromatic carbocycles. The van der Waals surface area contributed by atoms with E-state index in [1.165, 1.54) is 43.2 Å². The van der Waals surface area contributed by atoms with E-state index in [-0.39, 0.29) is 0 Å². The molecule has 0 amide bonds. The predicted molar refractivity (Wildman–Crippen MR) is 263 cm³/mol. The van der Waals surface area contributed by atoms with Gasteiger partial charge in [-0.1, -0.05) is 206 Å². The van der Waals surface area contributed by atoms with Gasteiger partial charge in [-0.05, 0) is 75.2 Å². The Kier molecular flexibility index (Phi) is 8.28. The molecule has 0 atom stereocenters. The van der Waals surface area contributed by atoms with Crippen LogP contribution in [0.15, 0.2) is 227 Å². The lowest BCUT2D eigenvalue weighted by molar-refractivity contribution is 0.670. The van der Waals surface area contributed by atoms with E-state index in [0.717, 1.165) is 77.8 Å². The fraction of sp³-hybridized carbons (Fsp3) is 0.0333. The molecule has 0 fully saturated rings. The average Bonchev–Trinajstić information content (AvgIpc) is 3.89. The molecule has 0 saturated carbocycles. The highest BCUT2D eigenvalue weighted by Gasteiger charge is 2.50. The summed E-state index contributed by atoms with van der Waals surface area (Å²) < 4.78 is 6.42. The predicted octanol–water partition coefficient (Wildman–Crippen LogP) is 15.8. The van der Waals surface area contributed by atoms with Gasteiger partial charge in [0.2, 0.25) is 0 Å². The highest BCUT2D eigenvalue weighted by Crippen LogP contribution is 2.62. The number of furan rings is 1. The number of para-hydroxylation sites is 2. The molecular weight excluding hydrogens is 797 g/mol. The fourth-order valence-electron chi connectivity index (χ4n) is 10.5. The highest BCUT2D eigenvalue weighted by atomic mass is 32.2. The Morgan fingerprint density at radius 1 is 0.391 bits per heavy atom. The number of fused-ring (bicyclic) bond motifs is 12. The second kappa shape index (κ2) is 14.4. The summed E-state index contributed by atoms with van der Waals surface area (Å²) in [5.74, 6) is 0.681. The molecule has 2 aromatic heterocycles. The minimum atomic E-state index is -0.417. The first-order valence-corrected chi connectivity index (χ1v) is 22.6. The summed E-state index contributed by atoms with van der Waals surface area (Å²) in [5, 5.41) is 2.24. The van der Waals surface area contributed by atoms with Crippen molar-refractivity contribution in [3.8, 4) is 67.3 Å². The molecule has 2 aliphatic rings. The second-order valence-corrected chi connectivity index (χ2v) is 17.9. The lowest BCUT2D eigenvalue weighted by atomic mass is 9.67. The van der Waals surface area contributed by atoms with Gasteiger partial charge in [-0.25, -0.2) is 9.97 Å². The van der Waals surface area contributed by atoms with Crippen LogP contribution in [0.3, 0.4) is 0 Å². The van der Waals surface area contributed by atoms with Gasteiger partial charge in [0, 0.05) is 48.4 Å². The molecule has 3 heterocycles. The third kappa shape index (κ3) is 5.42.